The Morgan fingerprint density at radius 1 is 1.41 bits per heavy atom. The molecule has 114 valence electrons. The number of halogens is 1. The van der Waals surface area contributed by atoms with Crippen LogP contribution in [0.1, 0.15) is 5.56 Å². The summed E-state index contributed by atoms with van der Waals surface area (Å²) in [7, 11) is 3.52. The molecule has 3 aromatic rings. The molecule has 0 bridgehead atoms. The first-order valence-corrected chi connectivity index (χ1v) is 8.06. The number of fused-ring (bicyclic) bond motifs is 1. The Labute approximate surface area is 137 Å². The molecule has 0 N–H and O–H groups in total. The minimum Gasteiger partial charge on any atom is -0.347 e. The highest BCUT2D eigenvalue weighted by molar-refractivity contribution is 7.19. The monoisotopic (exact) mass is 333 g/mol. The van der Waals surface area contributed by atoms with E-state index in [4.69, 9.17) is 11.6 Å². The van der Waals surface area contributed by atoms with E-state index in [1.807, 2.05) is 36.0 Å². The topological polar surface area (TPSA) is 38.1 Å². The van der Waals surface area contributed by atoms with Gasteiger partial charge in [0.1, 0.15) is 6.54 Å². The number of likely N-dealkylation sites (N-methyl/N-ethyl adjacent to an activating group) is 1. The first kappa shape index (κ1) is 15.1. The van der Waals surface area contributed by atoms with Crippen LogP contribution in [0.25, 0.3) is 21.5 Å². The van der Waals surface area contributed by atoms with Gasteiger partial charge in [-0.15, -0.1) is 11.3 Å². The number of nitrogens with zero attached hydrogens (tertiary/aromatic N) is 3. The maximum absolute atomic E-state index is 12.0. The standard InChI is InChI=1S/C16H16ClN3OS/c1-10-8-20(9-15(21)19(2)3)12-6-11(7-18-16(10)12)13-4-5-14(17)22-13/h4-8H,9H2,1-3H3. The van der Waals surface area contributed by atoms with E-state index in [-0.39, 0.29) is 5.91 Å². The van der Waals surface area contributed by atoms with Crippen LogP contribution >= 0.6 is 22.9 Å². The van der Waals surface area contributed by atoms with Gasteiger partial charge in [0.05, 0.1) is 15.4 Å². The summed E-state index contributed by atoms with van der Waals surface area (Å²) in [5.74, 6) is 0.0569. The van der Waals surface area contributed by atoms with Gasteiger partial charge in [-0.1, -0.05) is 11.6 Å². The predicted octanol–water partition coefficient (Wildman–Crippen LogP) is 3.81. The minimum atomic E-state index is 0.0569. The van der Waals surface area contributed by atoms with Gasteiger partial charge in [0.25, 0.3) is 0 Å². The van der Waals surface area contributed by atoms with Crippen LogP contribution in [0.5, 0.6) is 0 Å². The van der Waals surface area contributed by atoms with Gasteiger partial charge in [0.15, 0.2) is 0 Å². The smallest absolute Gasteiger partial charge is 0.241 e. The molecule has 0 aliphatic carbocycles. The highest BCUT2D eigenvalue weighted by atomic mass is 35.5. The van der Waals surface area contributed by atoms with Crippen LogP contribution in [0.4, 0.5) is 0 Å². The Bertz CT molecular complexity index is 850. The number of rotatable bonds is 3. The molecule has 3 heterocycles. The van der Waals surface area contributed by atoms with Gasteiger partial charge in [-0.25, -0.2) is 0 Å². The third-order valence-electron chi connectivity index (χ3n) is 3.56. The summed E-state index contributed by atoms with van der Waals surface area (Å²) in [6.45, 7) is 2.32. The molecule has 0 unspecified atom stereocenters. The van der Waals surface area contributed by atoms with Gasteiger partial charge < -0.3 is 9.47 Å². The Kier molecular flexibility index (Phi) is 3.93. The Balaban J connectivity index is 2.08. The molecule has 4 nitrogen and oxygen atoms in total. The summed E-state index contributed by atoms with van der Waals surface area (Å²) < 4.78 is 2.71. The number of hydrogen-bond acceptors (Lipinski definition) is 3. The molecule has 0 aliphatic heterocycles. The fraction of sp³-hybridized carbons (Fsp3) is 0.250. The van der Waals surface area contributed by atoms with Gasteiger partial charge in [-0.2, -0.15) is 0 Å². The third-order valence-corrected chi connectivity index (χ3v) is 4.84. The van der Waals surface area contributed by atoms with Crippen molar-refractivity contribution < 1.29 is 4.79 Å². The number of hydrogen-bond donors (Lipinski definition) is 0. The van der Waals surface area contributed by atoms with Crippen molar-refractivity contribution in [2.24, 2.45) is 0 Å². The summed E-state index contributed by atoms with van der Waals surface area (Å²) >= 11 is 7.53. The van der Waals surface area contributed by atoms with E-state index < -0.39 is 0 Å². The molecular weight excluding hydrogens is 318 g/mol. The van der Waals surface area contributed by atoms with Gasteiger partial charge in [-0.05, 0) is 30.7 Å². The fourth-order valence-electron chi connectivity index (χ4n) is 2.36. The molecule has 0 aromatic carbocycles. The first-order valence-electron chi connectivity index (χ1n) is 6.87. The summed E-state index contributed by atoms with van der Waals surface area (Å²) in [4.78, 5) is 19.2. The second kappa shape index (κ2) is 5.74. The molecule has 6 heteroatoms. The molecule has 0 aliphatic rings. The van der Waals surface area contributed by atoms with E-state index in [9.17, 15) is 4.79 Å². The lowest BCUT2D eigenvalue weighted by molar-refractivity contribution is -0.129. The van der Waals surface area contributed by atoms with E-state index in [1.165, 1.54) is 11.3 Å². The van der Waals surface area contributed by atoms with Crippen molar-refractivity contribution in [3.63, 3.8) is 0 Å². The summed E-state index contributed by atoms with van der Waals surface area (Å²) in [6, 6.07) is 5.94. The molecule has 0 saturated heterocycles. The van der Waals surface area contributed by atoms with E-state index in [1.54, 1.807) is 19.0 Å². The van der Waals surface area contributed by atoms with E-state index in [2.05, 4.69) is 11.1 Å². The molecule has 3 aromatic heterocycles. The lowest BCUT2D eigenvalue weighted by atomic mass is 10.2. The van der Waals surface area contributed by atoms with E-state index in [0.717, 1.165) is 31.4 Å². The predicted molar refractivity (Wildman–Crippen MR) is 91.5 cm³/mol. The Morgan fingerprint density at radius 2 is 2.18 bits per heavy atom. The van der Waals surface area contributed by atoms with Crippen molar-refractivity contribution in [2.75, 3.05) is 14.1 Å². The van der Waals surface area contributed by atoms with Crippen molar-refractivity contribution in [2.45, 2.75) is 13.5 Å². The van der Waals surface area contributed by atoms with Crippen LogP contribution in [0.2, 0.25) is 4.34 Å². The number of amides is 1. The third kappa shape index (κ3) is 2.74. The maximum atomic E-state index is 12.0. The molecule has 3 rings (SSSR count). The lowest BCUT2D eigenvalue weighted by Crippen LogP contribution is -2.25. The normalized spacial score (nSPS) is 11.1. The molecule has 0 atom stereocenters. The zero-order chi connectivity index (χ0) is 15.9. The van der Waals surface area contributed by atoms with Crippen LogP contribution in [-0.4, -0.2) is 34.5 Å². The lowest BCUT2D eigenvalue weighted by Gasteiger charge is -2.11. The van der Waals surface area contributed by atoms with Crippen molar-refractivity contribution >= 4 is 39.9 Å². The average molecular weight is 334 g/mol. The average Bonchev–Trinajstić information content (AvgIpc) is 3.03. The number of carbonyl (C=O) groups excluding carboxylic acids is 1. The van der Waals surface area contributed by atoms with Crippen LogP contribution in [-0.2, 0) is 11.3 Å². The first-order chi connectivity index (χ1) is 10.5. The quantitative estimate of drug-likeness (QED) is 0.731. The molecule has 0 radical (unpaired) electrons. The Hall–Kier alpha value is -1.85. The van der Waals surface area contributed by atoms with Crippen molar-refractivity contribution in [3.8, 4) is 10.4 Å². The van der Waals surface area contributed by atoms with Crippen LogP contribution in [0, 0.1) is 6.92 Å². The molecule has 22 heavy (non-hydrogen) atoms. The van der Waals surface area contributed by atoms with Gasteiger partial charge in [-0.3, -0.25) is 9.78 Å². The summed E-state index contributed by atoms with van der Waals surface area (Å²) in [5.41, 5.74) is 3.98. The molecular formula is C16H16ClN3OS. The molecule has 0 spiro atoms. The summed E-state index contributed by atoms with van der Waals surface area (Å²) in [6.07, 6.45) is 3.83. The number of thiophene rings is 1. The SMILES string of the molecule is Cc1cn(CC(=O)N(C)C)c2cc(-c3ccc(Cl)s3)cnc12. The highest BCUT2D eigenvalue weighted by Gasteiger charge is 2.13. The number of aryl methyl sites for hydroxylation is 1. The van der Waals surface area contributed by atoms with E-state index in [0.29, 0.717) is 6.54 Å². The molecule has 0 saturated carbocycles. The van der Waals surface area contributed by atoms with Crippen molar-refractivity contribution in [3.05, 3.63) is 40.5 Å². The van der Waals surface area contributed by atoms with Crippen LogP contribution in [0.3, 0.4) is 0 Å². The van der Waals surface area contributed by atoms with Gasteiger partial charge in [0.2, 0.25) is 5.91 Å². The summed E-state index contributed by atoms with van der Waals surface area (Å²) in [5, 5.41) is 0. The minimum absolute atomic E-state index is 0.0569. The second-order valence-corrected chi connectivity index (χ2v) is 7.14. The number of pyridine rings is 1. The zero-order valence-corrected chi connectivity index (χ0v) is 14.2. The molecule has 0 fully saturated rings. The molecule has 1 amide bonds. The van der Waals surface area contributed by atoms with Gasteiger partial charge >= 0.3 is 0 Å². The van der Waals surface area contributed by atoms with Crippen LogP contribution < -0.4 is 0 Å². The number of aromatic nitrogens is 2. The van der Waals surface area contributed by atoms with E-state index >= 15 is 0 Å². The highest BCUT2D eigenvalue weighted by Crippen LogP contribution is 2.32. The van der Waals surface area contributed by atoms with Crippen molar-refractivity contribution in [1.82, 2.24) is 14.5 Å². The van der Waals surface area contributed by atoms with Crippen molar-refractivity contribution in [1.29, 1.82) is 0 Å². The fourth-order valence-corrected chi connectivity index (χ4v) is 3.39. The van der Waals surface area contributed by atoms with Crippen LogP contribution in [0.15, 0.2) is 30.6 Å². The maximum Gasteiger partial charge on any atom is 0.241 e. The zero-order valence-electron chi connectivity index (χ0n) is 12.6. The van der Waals surface area contributed by atoms with Gasteiger partial charge in [0, 0.05) is 36.9 Å². The largest absolute Gasteiger partial charge is 0.347 e. The number of carbonyl (C=O) groups is 1. The second-order valence-electron chi connectivity index (χ2n) is 5.42. The Morgan fingerprint density at radius 3 is 2.82 bits per heavy atom.